The number of aromatic carboxylic acids is 1. The molecule has 220 valence electrons. The molecule has 2 N–H and O–H groups in total. The van der Waals surface area contributed by atoms with Gasteiger partial charge in [0.1, 0.15) is 23.3 Å². The van der Waals surface area contributed by atoms with Crippen molar-refractivity contribution in [1.29, 1.82) is 5.26 Å². The number of benzene rings is 2. The van der Waals surface area contributed by atoms with Gasteiger partial charge in [-0.05, 0) is 61.7 Å². The van der Waals surface area contributed by atoms with Gasteiger partial charge in [-0.2, -0.15) is 5.26 Å². The number of carbonyl (C=O) groups is 1. The number of piperazine rings is 1. The van der Waals surface area contributed by atoms with Crippen LogP contribution in [0.3, 0.4) is 0 Å². The lowest BCUT2D eigenvalue weighted by atomic mass is 10.1. The summed E-state index contributed by atoms with van der Waals surface area (Å²) in [6.07, 6.45) is 3.29. The van der Waals surface area contributed by atoms with E-state index in [4.69, 9.17) is 20.0 Å². The number of hydrogen-bond donors (Lipinski definition) is 2. The zero-order valence-corrected chi connectivity index (χ0v) is 23.6. The summed E-state index contributed by atoms with van der Waals surface area (Å²) >= 11 is 0. The SMILES string of the molecule is N#Cc1ccc(CNc2cccc(N3CC4CCC(C3)N4Cc3nc4ccc(C(=O)O)cc4n3C[C@@H]3CCO3)n2)c(F)c1. The number of nitrogens with one attached hydrogen (secondary N) is 1. The Kier molecular flexibility index (Phi) is 7.16. The van der Waals surface area contributed by atoms with Crippen LogP contribution in [0.2, 0.25) is 0 Å². The van der Waals surface area contributed by atoms with Crippen molar-refractivity contribution in [3.63, 3.8) is 0 Å². The van der Waals surface area contributed by atoms with E-state index in [2.05, 4.69) is 19.7 Å². The number of nitrogens with zero attached hydrogens (tertiary/aromatic N) is 6. The number of halogens is 1. The summed E-state index contributed by atoms with van der Waals surface area (Å²) in [5, 5.41) is 21.8. The Morgan fingerprint density at radius 2 is 1.91 bits per heavy atom. The minimum absolute atomic E-state index is 0.124. The molecule has 2 aromatic heterocycles. The predicted octanol–water partition coefficient (Wildman–Crippen LogP) is 4.39. The van der Waals surface area contributed by atoms with Crippen molar-refractivity contribution in [2.24, 2.45) is 0 Å². The van der Waals surface area contributed by atoms with Crippen LogP contribution in [0.25, 0.3) is 11.0 Å². The van der Waals surface area contributed by atoms with Crippen LogP contribution in [0.5, 0.6) is 0 Å². The fourth-order valence-electron chi connectivity index (χ4n) is 6.50. The highest BCUT2D eigenvalue weighted by molar-refractivity contribution is 5.92. The average Bonchev–Trinajstić information content (AvgIpc) is 3.44. The molecule has 2 aromatic carbocycles. The standard InChI is InChI=1S/C32H32FN7O3/c33-26-12-20(14-34)4-5-22(26)15-35-29-2-1-3-30(37-29)38-16-23-7-8-24(17-38)39(23)19-31-36-27-9-6-21(32(41)42)13-28(27)40(31)18-25-10-11-43-25/h1-6,9,12-13,23-25H,7-8,10-11,15-19H2,(H,35,37)(H,41,42)/t23?,24?,25-/m0/s1. The first kappa shape index (κ1) is 27.3. The zero-order chi connectivity index (χ0) is 29.5. The molecular weight excluding hydrogens is 549 g/mol. The van der Waals surface area contributed by atoms with Gasteiger partial charge >= 0.3 is 5.97 Å². The third-order valence-corrected chi connectivity index (χ3v) is 8.91. The van der Waals surface area contributed by atoms with E-state index in [1.54, 1.807) is 30.3 Å². The molecule has 11 heteroatoms. The number of anilines is 2. The van der Waals surface area contributed by atoms with Gasteiger partial charge in [0.15, 0.2) is 0 Å². The molecule has 0 spiro atoms. The van der Waals surface area contributed by atoms with Crippen molar-refractivity contribution in [1.82, 2.24) is 19.4 Å². The summed E-state index contributed by atoms with van der Waals surface area (Å²) in [6.45, 7) is 4.07. The minimum atomic E-state index is -0.945. The summed E-state index contributed by atoms with van der Waals surface area (Å²) < 4.78 is 22.2. The Bertz CT molecular complexity index is 1720. The minimum Gasteiger partial charge on any atom is -0.478 e. The first-order valence-electron chi connectivity index (χ1n) is 14.7. The lowest BCUT2D eigenvalue weighted by Crippen LogP contribution is -2.53. The summed E-state index contributed by atoms with van der Waals surface area (Å²) in [6, 6.07) is 18.1. The van der Waals surface area contributed by atoms with Gasteiger partial charge < -0.3 is 24.6 Å². The number of carboxylic acids is 1. The highest BCUT2D eigenvalue weighted by atomic mass is 19.1. The number of imidazole rings is 1. The van der Waals surface area contributed by atoms with Crippen molar-refractivity contribution in [3.8, 4) is 6.07 Å². The topological polar surface area (TPSA) is 120 Å². The third-order valence-electron chi connectivity index (χ3n) is 8.91. The summed E-state index contributed by atoms with van der Waals surface area (Å²) in [4.78, 5) is 26.3. The van der Waals surface area contributed by atoms with Crippen molar-refractivity contribution >= 4 is 28.6 Å². The maximum absolute atomic E-state index is 14.4. The summed E-state index contributed by atoms with van der Waals surface area (Å²) in [7, 11) is 0. The highest BCUT2D eigenvalue weighted by Gasteiger charge is 2.41. The second kappa shape index (κ2) is 11.3. The van der Waals surface area contributed by atoms with Crippen LogP contribution in [0.1, 0.15) is 46.6 Å². The van der Waals surface area contributed by atoms with Crippen LogP contribution >= 0.6 is 0 Å². The highest BCUT2D eigenvalue weighted by Crippen LogP contribution is 2.34. The fraction of sp³-hybridized carbons (Fsp3) is 0.375. The summed E-state index contributed by atoms with van der Waals surface area (Å²) in [5.74, 6) is 1.14. The second-order valence-corrected chi connectivity index (χ2v) is 11.5. The number of rotatable bonds is 9. The molecule has 5 heterocycles. The number of fused-ring (bicyclic) bond motifs is 3. The number of pyridine rings is 1. The van der Waals surface area contributed by atoms with Gasteiger partial charge in [0.05, 0.1) is 47.4 Å². The average molecular weight is 582 g/mol. The lowest BCUT2D eigenvalue weighted by Gasteiger charge is -2.41. The Labute approximate surface area is 248 Å². The molecule has 0 saturated carbocycles. The molecule has 2 unspecified atom stereocenters. The Hall–Kier alpha value is -4.53. The van der Waals surface area contributed by atoms with Gasteiger partial charge in [0.25, 0.3) is 0 Å². The largest absolute Gasteiger partial charge is 0.478 e. The van der Waals surface area contributed by atoms with E-state index in [1.165, 1.54) is 6.07 Å². The van der Waals surface area contributed by atoms with E-state index in [0.717, 1.165) is 61.6 Å². The molecule has 4 aromatic rings. The third kappa shape index (κ3) is 5.40. The molecule has 3 atom stereocenters. The molecule has 2 bridgehead atoms. The number of carboxylic acid groups (broad SMARTS) is 1. The van der Waals surface area contributed by atoms with E-state index in [9.17, 15) is 14.3 Å². The van der Waals surface area contributed by atoms with Crippen molar-refractivity contribution in [2.75, 3.05) is 29.9 Å². The first-order chi connectivity index (χ1) is 20.9. The van der Waals surface area contributed by atoms with E-state index in [1.807, 2.05) is 24.3 Å². The van der Waals surface area contributed by atoms with Gasteiger partial charge in [-0.1, -0.05) is 12.1 Å². The molecule has 3 fully saturated rings. The van der Waals surface area contributed by atoms with Crippen LogP contribution in [0, 0.1) is 17.1 Å². The predicted molar refractivity (Wildman–Crippen MR) is 158 cm³/mol. The van der Waals surface area contributed by atoms with E-state index in [0.29, 0.717) is 42.1 Å². The van der Waals surface area contributed by atoms with Crippen LogP contribution in [0.4, 0.5) is 16.0 Å². The fourth-order valence-corrected chi connectivity index (χ4v) is 6.50. The Balaban J connectivity index is 1.06. The molecule has 3 aliphatic rings. The first-order valence-corrected chi connectivity index (χ1v) is 14.7. The number of aromatic nitrogens is 3. The van der Waals surface area contributed by atoms with Crippen molar-refractivity contribution < 1.29 is 19.0 Å². The zero-order valence-electron chi connectivity index (χ0n) is 23.6. The molecule has 0 aliphatic carbocycles. The molecule has 0 amide bonds. The maximum Gasteiger partial charge on any atom is 0.335 e. The quantitative estimate of drug-likeness (QED) is 0.297. The maximum atomic E-state index is 14.4. The van der Waals surface area contributed by atoms with Crippen LogP contribution in [0.15, 0.2) is 54.6 Å². The number of hydrogen-bond acceptors (Lipinski definition) is 8. The van der Waals surface area contributed by atoms with Gasteiger partial charge in [0.2, 0.25) is 0 Å². The van der Waals surface area contributed by atoms with Crippen molar-refractivity contribution in [3.05, 3.63) is 82.9 Å². The Morgan fingerprint density at radius 1 is 1.09 bits per heavy atom. The van der Waals surface area contributed by atoms with E-state index in [-0.39, 0.29) is 18.2 Å². The molecule has 7 rings (SSSR count). The lowest BCUT2D eigenvalue weighted by molar-refractivity contribution is -0.0592. The van der Waals surface area contributed by atoms with E-state index >= 15 is 0 Å². The summed E-state index contributed by atoms with van der Waals surface area (Å²) in [5.41, 5.74) is 2.68. The van der Waals surface area contributed by atoms with Gasteiger partial charge in [-0.25, -0.2) is 19.2 Å². The number of nitriles is 1. The molecule has 10 nitrogen and oxygen atoms in total. The van der Waals surface area contributed by atoms with Crippen LogP contribution in [-0.4, -0.2) is 68.4 Å². The normalized spacial score (nSPS) is 21.5. The molecule has 43 heavy (non-hydrogen) atoms. The van der Waals surface area contributed by atoms with Gasteiger partial charge in [-0.3, -0.25) is 4.90 Å². The molecular formula is C32H32FN7O3. The molecule has 3 saturated heterocycles. The molecule has 0 radical (unpaired) electrons. The molecule has 3 aliphatic heterocycles. The van der Waals surface area contributed by atoms with Gasteiger partial charge in [0, 0.05) is 43.9 Å². The Morgan fingerprint density at radius 3 is 2.60 bits per heavy atom. The van der Waals surface area contributed by atoms with Crippen LogP contribution in [-0.2, 0) is 24.4 Å². The smallest absolute Gasteiger partial charge is 0.335 e. The van der Waals surface area contributed by atoms with Crippen molar-refractivity contribution in [2.45, 2.75) is 57.1 Å². The van der Waals surface area contributed by atoms with Gasteiger partial charge in [-0.15, -0.1) is 0 Å². The second-order valence-electron chi connectivity index (χ2n) is 11.5. The monoisotopic (exact) mass is 581 g/mol. The number of ether oxygens (including phenoxy) is 1. The van der Waals surface area contributed by atoms with Crippen LogP contribution < -0.4 is 10.2 Å². The van der Waals surface area contributed by atoms with E-state index < -0.39 is 11.8 Å².